The normalized spacial score (nSPS) is 12.0. The molecule has 2 N–H and O–H groups in total. The molecular weight excluding hydrogens is 401 g/mol. The number of sulfone groups is 1. The third-order valence-electron chi connectivity index (χ3n) is 3.09. The van der Waals surface area contributed by atoms with Crippen molar-refractivity contribution >= 4 is 49.5 Å². The third-order valence-corrected chi connectivity index (χ3v) is 6.50. The minimum Gasteiger partial charge on any atom is -0.308 e. The fourth-order valence-corrected chi connectivity index (χ4v) is 4.66. The number of hydrogen-bond acceptors (Lipinski definition) is 4. The van der Waals surface area contributed by atoms with Crippen LogP contribution in [-0.4, -0.2) is 20.2 Å². The summed E-state index contributed by atoms with van der Waals surface area (Å²) in [6.45, 7) is 1.46. The lowest BCUT2D eigenvalue weighted by Gasteiger charge is -2.10. The van der Waals surface area contributed by atoms with Crippen LogP contribution in [0.15, 0.2) is 34.5 Å². The Morgan fingerprint density at radius 1 is 1.28 bits per heavy atom. The topological polar surface area (TPSA) is 75.3 Å². The SMILES string of the molecule is CCS(=O)(=O)c1csc(NC(=O)Nc2cccc(C(F)(F)F)c2)c1Cl. The molecule has 0 radical (unpaired) electrons. The van der Waals surface area contributed by atoms with Gasteiger partial charge in [0.05, 0.1) is 21.2 Å². The van der Waals surface area contributed by atoms with Crippen LogP contribution in [0.3, 0.4) is 0 Å². The zero-order chi connectivity index (χ0) is 18.8. The summed E-state index contributed by atoms with van der Waals surface area (Å²) in [5.74, 6) is -0.153. The van der Waals surface area contributed by atoms with Crippen LogP contribution in [-0.2, 0) is 16.0 Å². The first-order valence-electron chi connectivity index (χ1n) is 6.79. The standard InChI is InChI=1S/C14H12ClF3N2O3S2/c1-2-25(22,23)10-7-24-12(11(10)15)20-13(21)19-9-5-3-4-8(6-9)14(16,17)18/h3-7H,2H2,1H3,(H2,19,20,21). The molecule has 0 aliphatic rings. The number of thiophene rings is 1. The van der Waals surface area contributed by atoms with Crippen molar-refractivity contribution < 1.29 is 26.4 Å². The second kappa shape index (κ2) is 7.22. The number of rotatable bonds is 4. The van der Waals surface area contributed by atoms with E-state index in [2.05, 4.69) is 10.6 Å². The van der Waals surface area contributed by atoms with E-state index in [9.17, 15) is 26.4 Å². The predicted molar refractivity (Wildman–Crippen MR) is 91.1 cm³/mol. The highest BCUT2D eigenvalue weighted by atomic mass is 35.5. The van der Waals surface area contributed by atoms with Gasteiger partial charge in [0.25, 0.3) is 0 Å². The molecule has 0 saturated heterocycles. The lowest BCUT2D eigenvalue weighted by molar-refractivity contribution is -0.137. The van der Waals surface area contributed by atoms with E-state index in [1.54, 1.807) is 0 Å². The van der Waals surface area contributed by atoms with E-state index in [1.165, 1.54) is 18.4 Å². The van der Waals surface area contributed by atoms with Crippen LogP contribution >= 0.6 is 22.9 Å². The van der Waals surface area contributed by atoms with Gasteiger partial charge in [-0.25, -0.2) is 13.2 Å². The molecule has 0 unspecified atom stereocenters. The average Bonchev–Trinajstić information content (AvgIpc) is 2.88. The Bertz CT molecular complexity index is 895. The molecule has 2 rings (SSSR count). The Morgan fingerprint density at radius 3 is 2.56 bits per heavy atom. The van der Waals surface area contributed by atoms with Crippen molar-refractivity contribution in [1.29, 1.82) is 0 Å². The highest BCUT2D eigenvalue weighted by molar-refractivity contribution is 7.91. The Balaban J connectivity index is 2.14. The molecule has 0 saturated carbocycles. The summed E-state index contributed by atoms with van der Waals surface area (Å²) < 4.78 is 61.6. The lowest BCUT2D eigenvalue weighted by atomic mass is 10.2. The van der Waals surface area contributed by atoms with Gasteiger partial charge in [-0.15, -0.1) is 11.3 Å². The van der Waals surface area contributed by atoms with Gasteiger partial charge in [-0.3, -0.25) is 5.32 Å². The Kier molecular flexibility index (Phi) is 5.65. The molecule has 2 aromatic rings. The highest BCUT2D eigenvalue weighted by Gasteiger charge is 2.30. The van der Waals surface area contributed by atoms with Gasteiger partial charge in [0.1, 0.15) is 5.00 Å². The molecule has 11 heteroatoms. The van der Waals surface area contributed by atoms with Crippen molar-refractivity contribution in [2.75, 3.05) is 16.4 Å². The monoisotopic (exact) mass is 412 g/mol. The molecule has 136 valence electrons. The summed E-state index contributed by atoms with van der Waals surface area (Å²) in [6, 6.07) is 3.26. The number of anilines is 2. The van der Waals surface area contributed by atoms with Crippen LogP contribution < -0.4 is 10.6 Å². The van der Waals surface area contributed by atoms with Crippen LogP contribution in [0.25, 0.3) is 0 Å². The van der Waals surface area contributed by atoms with Crippen LogP contribution in [0.4, 0.5) is 28.7 Å². The Labute approximate surface area is 150 Å². The van der Waals surface area contributed by atoms with Gasteiger partial charge in [-0.1, -0.05) is 24.6 Å². The first kappa shape index (κ1) is 19.5. The molecule has 1 heterocycles. The molecule has 1 aromatic heterocycles. The predicted octanol–water partition coefficient (Wildman–Crippen LogP) is 4.86. The van der Waals surface area contributed by atoms with Crippen molar-refractivity contribution in [1.82, 2.24) is 0 Å². The van der Waals surface area contributed by atoms with E-state index in [4.69, 9.17) is 11.6 Å². The number of nitrogens with one attached hydrogen (secondary N) is 2. The maximum Gasteiger partial charge on any atom is 0.416 e. The van der Waals surface area contributed by atoms with Gasteiger partial charge >= 0.3 is 12.2 Å². The van der Waals surface area contributed by atoms with Crippen LogP contribution in [0.1, 0.15) is 12.5 Å². The maximum absolute atomic E-state index is 12.7. The number of amides is 2. The molecule has 0 atom stereocenters. The highest BCUT2D eigenvalue weighted by Crippen LogP contribution is 2.36. The van der Waals surface area contributed by atoms with Gasteiger partial charge in [-0.2, -0.15) is 13.2 Å². The quantitative estimate of drug-likeness (QED) is 0.753. The number of hydrogen-bond donors (Lipinski definition) is 2. The van der Waals surface area contributed by atoms with Crippen molar-refractivity contribution in [2.45, 2.75) is 18.0 Å². The smallest absolute Gasteiger partial charge is 0.308 e. The molecular formula is C14H12ClF3N2O3S2. The maximum atomic E-state index is 12.7. The second-order valence-corrected chi connectivity index (χ2v) is 8.31. The number of halogens is 4. The van der Waals surface area contributed by atoms with Gasteiger partial charge in [0, 0.05) is 11.1 Å². The zero-order valence-electron chi connectivity index (χ0n) is 12.6. The van der Waals surface area contributed by atoms with E-state index in [-0.39, 0.29) is 26.4 Å². The summed E-state index contributed by atoms with van der Waals surface area (Å²) in [6.07, 6.45) is -4.53. The van der Waals surface area contributed by atoms with E-state index < -0.39 is 27.6 Å². The summed E-state index contributed by atoms with van der Waals surface area (Å²) in [4.78, 5) is 11.8. The lowest BCUT2D eigenvalue weighted by Crippen LogP contribution is -2.19. The van der Waals surface area contributed by atoms with Crippen LogP contribution in [0, 0.1) is 0 Å². The number of carbonyl (C=O) groups excluding carboxylic acids is 1. The molecule has 0 bridgehead atoms. The molecule has 1 aromatic carbocycles. The fraction of sp³-hybridized carbons (Fsp3) is 0.214. The molecule has 5 nitrogen and oxygen atoms in total. The van der Waals surface area contributed by atoms with E-state index in [0.717, 1.165) is 29.5 Å². The Hall–Kier alpha value is -1.78. The minimum atomic E-state index is -4.53. The summed E-state index contributed by atoms with van der Waals surface area (Å²) in [5, 5.41) is 5.81. The third kappa shape index (κ3) is 4.65. The van der Waals surface area contributed by atoms with Crippen molar-refractivity contribution in [2.24, 2.45) is 0 Å². The summed E-state index contributed by atoms with van der Waals surface area (Å²) >= 11 is 6.86. The fourth-order valence-electron chi connectivity index (χ4n) is 1.82. The Morgan fingerprint density at radius 2 is 1.96 bits per heavy atom. The molecule has 0 spiro atoms. The number of benzene rings is 1. The average molecular weight is 413 g/mol. The molecule has 0 aliphatic heterocycles. The van der Waals surface area contributed by atoms with Gasteiger partial charge in [-0.05, 0) is 18.2 Å². The summed E-state index contributed by atoms with van der Waals surface area (Å²) in [5.41, 5.74) is -0.975. The molecule has 2 amide bonds. The number of carbonyl (C=O) groups is 1. The summed E-state index contributed by atoms with van der Waals surface area (Å²) in [7, 11) is -3.54. The van der Waals surface area contributed by atoms with E-state index in [1.807, 2.05) is 0 Å². The zero-order valence-corrected chi connectivity index (χ0v) is 15.0. The van der Waals surface area contributed by atoms with Crippen molar-refractivity contribution in [3.05, 3.63) is 40.2 Å². The number of alkyl halides is 3. The van der Waals surface area contributed by atoms with E-state index in [0.29, 0.717) is 0 Å². The van der Waals surface area contributed by atoms with Crippen molar-refractivity contribution in [3.63, 3.8) is 0 Å². The van der Waals surface area contributed by atoms with Gasteiger partial charge in [0.15, 0.2) is 9.84 Å². The minimum absolute atomic E-state index is 0.0681. The largest absolute Gasteiger partial charge is 0.416 e. The first-order valence-corrected chi connectivity index (χ1v) is 9.70. The van der Waals surface area contributed by atoms with Crippen LogP contribution in [0.5, 0.6) is 0 Å². The molecule has 25 heavy (non-hydrogen) atoms. The first-order chi connectivity index (χ1) is 11.5. The van der Waals surface area contributed by atoms with Crippen LogP contribution in [0.2, 0.25) is 5.02 Å². The van der Waals surface area contributed by atoms with Crippen molar-refractivity contribution in [3.8, 4) is 0 Å². The van der Waals surface area contributed by atoms with Gasteiger partial charge in [0.2, 0.25) is 0 Å². The van der Waals surface area contributed by atoms with Gasteiger partial charge < -0.3 is 5.32 Å². The second-order valence-electron chi connectivity index (χ2n) is 4.80. The molecule has 0 fully saturated rings. The number of urea groups is 1. The molecule has 0 aliphatic carbocycles. The van der Waals surface area contributed by atoms with E-state index >= 15 is 0 Å².